The van der Waals surface area contributed by atoms with E-state index in [0.717, 1.165) is 55.9 Å². The molecule has 2 aliphatic rings. The Kier molecular flexibility index (Phi) is 8.78. The van der Waals surface area contributed by atoms with Gasteiger partial charge in [0.1, 0.15) is 5.69 Å². The van der Waals surface area contributed by atoms with Gasteiger partial charge in [0.05, 0.1) is 17.2 Å². The van der Waals surface area contributed by atoms with E-state index in [2.05, 4.69) is 15.3 Å². The van der Waals surface area contributed by atoms with Crippen molar-refractivity contribution in [3.63, 3.8) is 0 Å². The van der Waals surface area contributed by atoms with Crippen molar-refractivity contribution in [2.75, 3.05) is 19.8 Å². The Labute approximate surface area is 220 Å². The molecule has 1 aliphatic heterocycles. The van der Waals surface area contributed by atoms with Crippen LogP contribution in [0.15, 0.2) is 12.1 Å². The molecule has 4 rings (SSSR count). The first kappa shape index (κ1) is 27.8. The van der Waals surface area contributed by atoms with Crippen LogP contribution in [-0.4, -0.2) is 41.7 Å². The Morgan fingerprint density at radius 3 is 2.43 bits per heavy atom. The molecule has 0 spiro atoms. The quantitative estimate of drug-likeness (QED) is 0.425. The summed E-state index contributed by atoms with van der Waals surface area (Å²) in [6.45, 7) is 7.23. The minimum absolute atomic E-state index is 0.00514. The number of ether oxygens (including phenoxy) is 2. The number of rotatable bonds is 7. The van der Waals surface area contributed by atoms with Crippen molar-refractivity contribution in [2.24, 2.45) is 11.3 Å². The molecule has 204 valence electrons. The summed E-state index contributed by atoms with van der Waals surface area (Å²) in [6, 6.07) is 2.59. The van der Waals surface area contributed by atoms with Gasteiger partial charge in [-0.15, -0.1) is 11.3 Å². The zero-order valence-corrected chi connectivity index (χ0v) is 22.6. The topological polar surface area (TPSA) is 73.3 Å². The van der Waals surface area contributed by atoms with E-state index >= 15 is 0 Å². The second-order valence-electron chi connectivity index (χ2n) is 11.3. The van der Waals surface area contributed by atoms with Gasteiger partial charge in [0.25, 0.3) is 5.91 Å². The van der Waals surface area contributed by atoms with E-state index in [-0.39, 0.29) is 34.9 Å². The number of hydrogen-bond donors (Lipinski definition) is 1. The molecule has 37 heavy (non-hydrogen) atoms. The van der Waals surface area contributed by atoms with Gasteiger partial charge < -0.3 is 14.8 Å². The van der Waals surface area contributed by atoms with Gasteiger partial charge in [0.2, 0.25) is 5.88 Å². The van der Waals surface area contributed by atoms with Crippen LogP contribution in [0.1, 0.15) is 86.9 Å². The van der Waals surface area contributed by atoms with Gasteiger partial charge in [-0.3, -0.25) is 4.79 Å². The number of carbonyl (C=O) groups is 1. The van der Waals surface area contributed by atoms with Gasteiger partial charge in [-0.25, -0.2) is 9.97 Å². The molecule has 0 bridgehead atoms. The van der Waals surface area contributed by atoms with Crippen molar-refractivity contribution in [3.05, 3.63) is 28.5 Å². The minimum Gasteiger partial charge on any atom is -0.477 e. The van der Waals surface area contributed by atoms with E-state index in [1.54, 1.807) is 6.07 Å². The number of pyridine rings is 1. The summed E-state index contributed by atoms with van der Waals surface area (Å²) in [4.78, 5) is 22.1. The summed E-state index contributed by atoms with van der Waals surface area (Å²) in [5.74, 6) is 0.0360. The minimum atomic E-state index is -4.63. The highest BCUT2D eigenvalue weighted by Gasteiger charge is 2.34. The summed E-state index contributed by atoms with van der Waals surface area (Å²) in [6.07, 6.45) is 3.06. The van der Waals surface area contributed by atoms with E-state index in [0.29, 0.717) is 41.7 Å². The Morgan fingerprint density at radius 1 is 1.08 bits per heavy atom. The van der Waals surface area contributed by atoms with Gasteiger partial charge in [-0.1, -0.05) is 52.9 Å². The molecular weight excluding hydrogens is 503 g/mol. The van der Waals surface area contributed by atoms with Crippen LogP contribution in [0.3, 0.4) is 0 Å². The average Bonchev–Trinajstić information content (AvgIpc) is 3.27. The molecule has 0 radical (unpaired) electrons. The fourth-order valence-corrected chi connectivity index (χ4v) is 5.70. The number of amides is 1. The van der Waals surface area contributed by atoms with E-state index in [1.165, 1.54) is 6.42 Å². The average molecular weight is 540 g/mol. The molecule has 0 unspecified atom stereocenters. The van der Waals surface area contributed by atoms with Crippen LogP contribution in [0.5, 0.6) is 5.88 Å². The number of nitrogens with zero attached hydrogens (tertiary/aromatic N) is 2. The summed E-state index contributed by atoms with van der Waals surface area (Å²) >= 11 is 1.14. The second kappa shape index (κ2) is 11.7. The Morgan fingerprint density at radius 2 is 1.78 bits per heavy atom. The standard InChI is InChI=1S/C27H36F3N3O3S/c1-26(2,3)16-36-22-15-18(14-21(33-22)27(28,29)30)23-20(13-17-7-5-4-6-8-17)32-25(37-23)24(34)31-19-9-11-35-12-10-19/h14-15,17,19H,4-13,16H2,1-3H3,(H,31,34). The fourth-order valence-electron chi connectivity index (χ4n) is 4.71. The smallest absolute Gasteiger partial charge is 0.433 e. The van der Waals surface area contributed by atoms with Crippen molar-refractivity contribution in [3.8, 4) is 16.3 Å². The predicted molar refractivity (Wildman–Crippen MR) is 137 cm³/mol. The number of aromatic nitrogens is 2. The zero-order valence-electron chi connectivity index (χ0n) is 21.7. The molecule has 1 saturated carbocycles. The molecule has 2 fully saturated rings. The van der Waals surface area contributed by atoms with Crippen LogP contribution in [0.25, 0.3) is 10.4 Å². The molecule has 2 aromatic rings. The van der Waals surface area contributed by atoms with Crippen LogP contribution in [0, 0.1) is 11.3 Å². The second-order valence-corrected chi connectivity index (χ2v) is 12.3. The number of hydrogen-bond acceptors (Lipinski definition) is 6. The fraction of sp³-hybridized carbons (Fsp3) is 0.667. The highest BCUT2D eigenvalue weighted by Crippen LogP contribution is 2.39. The lowest BCUT2D eigenvalue weighted by Crippen LogP contribution is -2.38. The third-order valence-corrected chi connectivity index (χ3v) is 7.81. The van der Waals surface area contributed by atoms with E-state index in [1.807, 2.05) is 20.8 Å². The number of nitrogens with one attached hydrogen (secondary N) is 1. The van der Waals surface area contributed by atoms with Gasteiger partial charge >= 0.3 is 6.18 Å². The SMILES string of the molecule is CC(C)(C)COc1cc(-c2sc(C(=O)NC3CCOCC3)nc2CC2CCCCC2)cc(C(F)(F)F)n1. The Bertz CT molecular complexity index is 1070. The summed E-state index contributed by atoms with van der Waals surface area (Å²) in [7, 11) is 0. The molecule has 6 nitrogen and oxygen atoms in total. The maximum absolute atomic E-state index is 13.8. The van der Waals surface area contributed by atoms with Crippen LogP contribution >= 0.6 is 11.3 Å². The first-order valence-corrected chi connectivity index (χ1v) is 13.9. The maximum atomic E-state index is 13.8. The van der Waals surface area contributed by atoms with Gasteiger partial charge in [0, 0.05) is 30.9 Å². The molecule has 2 aromatic heterocycles. The predicted octanol–water partition coefficient (Wildman–Crippen LogP) is 6.68. The van der Waals surface area contributed by atoms with Crippen molar-refractivity contribution < 1.29 is 27.4 Å². The largest absolute Gasteiger partial charge is 0.477 e. The summed E-state index contributed by atoms with van der Waals surface area (Å²) in [5.41, 5.74) is -0.254. The first-order chi connectivity index (χ1) is 17.5. The van der Waals surface area contributed by atoms with E-state index in [9.17, 15) is 18.0 Å². The monoisotopic (exact) mass is 539 g/mol. The molecule has 1 amide bonds. The lowest BCUT2D eigenvalue weighted by Gasteiger charge is -2.22. The summed E-state index contributed by atoms with van der Waals surface area (Å²) in [5, 5.41) is 3.30. The third-order valence-electron chi connectivity index (χ3n) is 6.66. The molecule has 1 N–H and O–H groups in total. The summed E-state index contributed by atoms with van der Waals surface area (Å²) < 4.78 is 52.5. The van der Waals surface area contributed by atoms with Gasteiger partial charge in [-0.2, -0.15) is 13.2 Å². The maximum Gasteiger partial charge on any atom is 0.433 e. The van der Waals surface area contributed by atoms with Gasteiger partial charge in [0.15, 0.2) is 5.01 Å². The molecular formula is C27H36F3N3O3S. The van der Waals surface area contributed by atoms with E-state index < -0.39 is 11.9 Å². The van der Waals surface area contributed by atoms with Crippen LogP contribution < -0.4 is 10.1 Å². The first-order valence-electron chi connectivity index (χ1n) is 13.1. The van der Waals surface area contributed by atoms with Crippen LogP contribution in [0.2, 0.25) is 0 Å². The number of thiazole rings is 1. The van der Waals surface area contributed by atoms with Crippen molar-refractivity contribution in [1.29, 1.82) is 0 Å². The molecule has 10 heteroatoms. The number of carbonyl (C=O) groups excluding carboxylic acids is 1. The molecule has 1 aliphatic carbocycles. The lowest BCUT2D eigenvalue weighted by molar-refractivity contribution is -0.141. The Hall–Kier alpha value is -2.20. The van der Waals surface area contributed by atoms with Crippen molar-refractivity contribution in [1.82, 2.24) is 15.3 Å². The van der Waals surface area contributed by atoms with Crippen molar-refractivity contribution in [2.45, 2.75) is 84.4 Å². The van der Waals surface area contributed by atoms with Crippen LogP contribution in [0.4, 0.5) is 13.2 Å². The number of halogens is 3. The highest BCUT2D eigenvalue weighted by atomic mass is 32.1. The normalized spacial score (nSPS) is 18.1. The molecule has 3 heterocycles. The highest BCUT2D eigenvalue weighted by molar-refractivity contribution is 7.17. The molecule has 0 atom stereocenters. The lowest BCUT2D eigenvalue weighted by atomic mass is 9.85. The molecule has 1 saturated heterocycles. The van der Waals surface area contributed by atoms with Crippen LogP contribution in [-0.2, 0) is 17.3 Å². The third kappa shape index (κ3) is 7.89. The van der Waals surface area contributed by atoms with E-state index in [4.69, 9.17) is 9.47 Å². The number of alkyl halides is 3. The molecule has 0 aromatic carbocycles. The van der Waals surface area contributed by atoms with Crippen molar-refractivity contribution >= 4 is 17.2 Å². The Balaban J connectivity index is 1.69. The van der Waals surface area contributed by atoms with Gasteiger partial charge in [-0.05, 0) is 36.7 Å². The zero-order chi connectivity index (χ0) is 26.6.